The van der Waals surface area contributed by atoms with Crippen molar-refractivity contribution in [1.82, 2.24) is 5.32 Å². The first kappa shape index (κ1) is 26.8. The van der Waals surface area contributed by atoms with E-state index in [4.69, 9.17) is 4.74 Å². The lowest BCUT2D eigenvalue weighted by Gasteiger charge is -2.27. The number of nitrogens with one attached hydrogen (secondary N) is 2. The quantitative estimate of drug-likeness (QED) is 0.255. The third kappa shape index (κ3) is 5.63. The van der Waals surface area contributed by atoms with Crippen molar-refractivity contribution in [1.29, 1.82) is 0 Å². The molecule has 0 fully saturated rings. The molecule has 1 atom stereocenters. The van der Waals surface area contributed by atoms with Gasteiger partial charge in [-0.1, -0.05) is 36.4 Å². The Balaban J connectivity index is 1.35. The predicted octanol–water partition coefficient (Wildman–Crippen LogP) is 6.81. The second kappa shape index (κ2) is 11.1. The second-order valence-corrected chi connectivity index (χ2v) is 9.20. The van der Waals surface area contributed by atoms with Gasteiger partial charge in [0.1, 0.15) is 11.9 Å². The molecule has 0 aromatic heterocycles. The lowest BCUT2D eigenvalue weighted by molar-refractivity contribution is -0.137. The summed E-state index contributed by atoms with van der Waals surface area (Å²) in [7, 11) is 0. The smallest absolute Gasteiger partial charge is 0.416 e. The van der Waals surface area contributed by atoms with Gasteiger partial charge in [0, 0.05) is 34.6 Å². The highest BCUT2D eigenvalue weighted by Crippen LogP contribution is 2.38. The summed E-state index contributed by atoms with van der Waals surface area (Å²) in [5.41, 5.74) is 2.53. The molecule has 1 heterocycles. The summed E-state index contributed by atoms with van der Waals surface area (Å²) >= 11 is 0. The number of alkyl halides is 3. The number of fused-ring (bicyclic) bond motifs is 1. The zero-order valence-corrected chi connectivity index (χ0v) is 21.5. The van der Waals surface area contributed by atoms with Crippen molar-refractivity contribution in [3.8, 4) is 5.75 Å². The van der Waals surface area contributed by atoms with E-state index in [-0.39, 0.29) is 12.5 Å². The van der Waals surface area contributed by atoms with Crippen LogP contribution < -0.4 is 20.3 Å². The summed E-state index contributed by atoms with van der Waals surface area (Å²) in [5.74, 6) is 0.100. The first-order valence-corrected chi connectivity index (χ1v) is 12.7. The normalized spacial score (nSPS) is 14.6. The molecule has 4 aromatic carbocycles. The third-order valence-electron chi connectivity index (χ3n) is 6.52. The van der Waals surface area contributed by atoms with Crippen LogP contribution in [0.25, 0.3) is 0 Å². The minimum Gasteiger partial charge on any atom is -0.494 e. The first-order valence-electron chi connectivity index (χ1n) is 12.7. The fourth-order valence-electron chi connectivity index (χ4n) is 4.64. The van der Waals surface area contributed by atoms with Crippen molar-refractivity contribution < 1.29 is 27.5 Å². The number of halogens is 3. The van der Waals surface area contributed by atoms with Crippen LogP contribution in [0.15, 0.2) is 97.1 Å². The fraction of sp³-hybridized carbons (Fsp3) is 0.161. The number of benzene rings is 4. The minimum atomic E-state index is -4.46. The van der Waals surface area contributed by atoms with Crippen LogP contribution in [0.1, 0.15) is 50.5 Å². The third-order valence-corrected chi connectivity index (χ3v) is 6.52. The summed E-state index contributed by atoms with van der Waals surface area (Å²) in [4.78, 5) is 27.9. The number of hydrogen-bond acceptors (Lipinski definition) is 4. The number of amides is 2. The molecule has 0 spiro atoms. The number of carbonyl (C=O) groups is 2. The van der Waals surface area contributed by atoms with Gasteiger partial charge in [-0.25, -0.2) is 0 Å². The van der Waals surface area contributed by atoms with E-state index in [2.05, 4.69) is 10.6 Å². The van der Waals surface area contributed by atoms with E-state index < -0.39 is 23.8 Å². The minimum absolute atomic E-state index is 0.0591. The van der Waals surface area contributed by atoms with Crippen molar-refractivity contribution in [3.63, 3.8) is 0 Å². The Morgan fingerprint density at radius 1 is 0.925 bits per heavy atom. The van der Waals surface area contributed by atoms with E-state index in [0.717, 1.165) is 17.7 Å². The zero-order valence-electron chi connectivity index (χ0n) is 21.5. The van der Waals surface area contributed by atoms with Gasteiger partial charge >= 0.3 is 6.18 Å². The standard InChI is InChI=1S/C31H26F3N3O3/c1-2-40-25-15-13-24(14-16-25)37-28(26-11-3-4-12-27(26)30(37)39)36-23-10-6-8-21(18-23)29(38)35-19-20-7-5-9-22(17-20)31(32,33)34/h3-18,28,36H,2,19H2,1H3,(H,35,38). The topological polar surface area (TPSA) is 70.7 Å². The van der Waals surface area contributed by atoms with Gasteiger partial charge < -0.3 is 15.4 Å². The van der Waals surface area contributed by atoms with Crippen molar-refractivity contribution in [2.45, 2.75) is 25.8 Å². The largest absolute Gasteiger partial charge is 0.494 e. The van der Waals surface area contributed by atoms with E-state index in [9.17, 15) is 22.8 Å². The number of nitrogens with zero attached hydrogens (tertiary/aromatic N) is 1. The summed E-state index contributed by atoms with van der Waals surface area (Å²) in [6.07, 6.45) is -5.00. The molecule has 4 aromatic rings. The van der Waals surface area contributed by atoms with Crippen molar-refractivity contribution >= 4 is 23.2 Å². The van der Waals surface area contributed by atoms with Gasteiger partial charge in [0.05, 0.1) is 12.2 Å². The molecule has 0 aliphatic carbocycles. The average molecular weight is 546 g/mol. The Kier molecular flexibility index (Phi) is 7.46. The van der Waals surface area contributed by atoms with E-state index >= 15 is 0 Å². The van der Waals surface area contributed by atoms with Crippen LogP contribution in [0.3, 0.4) is 0 Å². The molecule has 6 nitrogen and oxygen atoms in total. The maximum Gasteiger partial charge on any atom is 0.416 e. The highest BCUT2D eigenvalue weighted by atomic mass is 19.4. The SMILES string of the molecule is CCOc1ccc(N2C(=O)c3ccccc3C2Nc2cccc(C(=O)NCc3cccc(C(F)(F)F)c3)c2)cc1. The molecule has 0 saturated heterocycles. The average Bonchev–Trinajstić information content (AvgIpc) is 3.23. The number of carbonyl (C=O) groups excluding carboxylic acids is 2. The zero-order chi connectivity index (χ0) is 28.3. The lowest BCUT2D eigenvalue weighted by atomic mass is 10.1. The first-order chi connectivity index (χ1) is 19.2. The highest BCUT2D eigenvalue weighted by Gasteiger charge is 2.37. The molecule has 40 heavy (non-hydrogen) atoms. The van der Waals surface area contributed by atoms with Crippen LogP contribution in [-0.4, -0.2) is 18.4 Å². The molecule has 0 saturated carbocycles. The molecule has 0 radical (unpaired) electrons. The maximum atomic E-state index is 13.4. The van der Waals surface area contributed by atoms with E-state index in [1.54, 1.807) is 35.2 Å². The van der Waals surface area contributed by atoms with Gasteiger partial charge in [-0.05, 0) is 73.2 Å². The van der Waals surface area contributed by atoms with Crippen molar-refractivity contribution in [2.75, 3.05) is 16.8 Å². The van der Waals surface area contributed by atoms with Gasteiger partial charge in [0.25, 0.3) is 11.8 Å². The molecular weight excluding hydrogens is 519 g/mol. The number of ether oxygens (including phenoxy) is 1. The Labute approximate surface area is 229 Å². The van der Waals surface area contributed by atoms with Gasteiger partial charge in [-0.3, -0.25) is 14.5 Å². The van der Waals surface area contributed by atoms with E-state index in [0.29, 0.717) is 40.4 Å². The molecule has 204 valence electrons. The van der Waals surface area contributed by atoms with Crippen LogP contribution >= 0.6 is 0 Å². The summed E-state index contributed by atoms with van der Waals surface area (Å²) in [5, 5.41) is 6.06. The van der Waals surface area contributed by atoms with Gasteiger partial charge in [-0.2, -0.15) is 13.2 Å². The summed E-state index contributed by atoms with van der Waals surface area (Å²) in [6.45, 7) is 2.37. The lowest BCUT2D eigenvalue weighted by Crippen LogP contribution is -2.32. The molecule has 2 N–H and O–H groups in total. The fourth-order valence-corrected chi connectivity index (χ4v) is 4.64. The van der Waals surface area contributed by atoms with Crippen LogP contribution in [-0.2, 0) is 12.7 Å². The molecule has 1 aliphatic rings. The Morgan fingerprint density at radius 3 is 2.42 bits per heavy atom. The van der Waals surface area contributed by atoms with Gasteiger partial charge in [0.2, 0.25) is 0 Å². The van der Waals surface area contributed by atoms with Crippen LogP contribution in [0, 0.1) is 0 Å². The van der Waals surface area contributed by atoms with Crippen molar-refractivity contribution in [2.24, 2.45) is 0 Å². The van der Waals surface area contributed by atoms with Crippen LogP contribution in [0.5, 0.6) is 5.75 Å². The number of hydrogen-bond donors (Lipinski definition) is 2. The summed E-state index contributed by atoms with van der Waals surface area (Å²) < 4.78 is 44.6. The summed E-state index contributed by atoms with van der Waals surface area (Å²) in [6, 6.07) is 26.2. The monoisotopic (exact) mass is 545 g/mol. The Hall–Kier alpha value is -4.79. The Morgan fingerprint density at radius 2 is 1.68 bits per heavy atom. The number of rotatable bonds is 8. The molecule has 0 bridgehead atoms. The maximum absolute atomic E-state index is 13.4. The highest BCUT2D eigenvalue weighted by molar-refractivity contribution is 6.11. The molecule has 1 aliphatic heterocycles. The molecule has 2 amide bonds. The van der Waals surface area contributed by atoms with Crippen molar-refractivity contribution in [3.05, 3.63) is 125 Å². The van der Waals surface area contributed by atoms with Crippen LogP contribution in [0.4, 0.5) is 24.5 Å². The molecule has 9 heteroatoms. The second-order valence-electron chi connectivity index (χ2n) is 9.20. The van der Waals surface area contributed by atoms with E-state index in [1.165, 1.54) is 12.1 Å². The van der Waals surface area contributed by atoms with Gasteiger partial charge in [0.15, 0.2) is 0 Å². The van der Waals surface area contributed by atoms with E-state index in [1.807, 2.05) is 49.4 Å². The van der Waals surface area contributed by atoms with Gasteiger partial charge in [-0.15, -0.1) is 0 Å². The Bertz CT molecular complexity index is 1540. The number of anilines is 2. The molecule has 5 rings (SSSR count). The molecule has 1 unspecified atom stereocenters. The van der Waals surface area contributed by atoms with Crippen LogP contribution in [0.2, 0.25) is 0 Å². The molecular formula is C31H26F3N3O3. The predicted molar refractivity (Wildman–Crippen MR) is 146 cm³/mol.